The fraction of sp³-hybridized carbons (Fsp3) is 0.375. The highest BCUT2D eigenvalue weighted by molar-refractivity contribution is 9.10. The van der Waals surface area contributed by atoms with Gasteiger partial charge in [-0.25, -0.2) is 0 Å². The molecule has 1 aromatic carbocycles. The molecule has 0 aliphatic heterocycles. The number of hydrogen-bond acceptors (Lipinski definition) is 3. The van der Waals surface area contributed by atoms with E-state index in [4.69, 9.17) is 5.26 Å². The van der Waals surface area contributed by atoms with E-state index in [-0.39, 0.29) is 0 Å². The lowest BCUT2D eigenvalue weighted by atomic mass is 10.1. The summed E-state index contributed by atoms with van der Waals surface area (Å²) in [6.45, 7) is 7.74. The van der Waals surface area contributed by atoms with Gasteiger partial charge >= 0.3 is 0 Å². The van der Waals surface area contributed by atoms with Gasteiger partial charge in [-0.05, 0) is 53.9 Å². The number of anilines is 1. The van der Waals surface area contributed by atoms with Crippen LogP contribution in [-0.2, 0) is 19.5 Å². The van der Waals surface area contributed by atoms with Crippen LogP contribution in [0.2, 0.25) is 0 Å². The van der Waals surface area contributed by atoms with Gasteiger partial charge in [0.25, 0.3) is 0 Å². The Morgan fingerprint density at radius 3 is 2.76 bits per heavy atom. The highest BCUT2D eigenvalue weighted by Crippen LogP contribution is 2.24. The van der Waals surface area contributed by atoms with E-state index in [0.717, 1.165) is 40.1 Å². The Balaban J connectivity index is 2.24. The van der Waals surface area contributed by atoms with Crippen molar-refractivity contribution in [2.24, 2.45) is 0 Å². The van der Waals surface area contributed by atoms with Gasteiger partial charge in [-0.2, -0.15) is 10.4 Å². The van der Waals surface area contributed by atoms with Gasteiger partial charge in [0.2, 0.25) is 0 Å². The zero-order chi connectivity index (χ0) is 15.4. The number of nitrogens with one attached hydrogen (secondary N) is 1. The number of hydrogen-bond donors (Lipinski definition) is 1. The van der Waals surface area contributed by atoms with E-state index in [1.807, 2.05) is 29.8 Å². The number of rotatable bonds is 5. The molecule has 0 bridgehead atoms. The maximum absolute atomic E-state index is 9.00. The summed E-state index contributed by atoms with van der Waals surface area (Å²) in [7, 11) is 0. The maximum atomic E-state index is 9.00. The molecule has 1 N–H and O–H groups in total. The first kappa shape index (κ1) is 15.6. The van der Waals surface area contributed by atoms with Crippen LogP contribution < -0.4 is 5.32 Å². The second-order valence-electron chi connectivity index (χ2n) is 4.87. The number of aromatic nitrogens is 2. The summed E-state index contributed by atoms with van der Waals surface area (Å²) < 4.78 is 3.09. The first-order valence-electron chi connectivity index (χ1n) is 7.09. The fourth-order valence-corrected chi connectivity index (χ4v) is 2.95. The standard InChI is InChI=1S/C16H19BrN4/c1-4-13-16(17)15(21(5-2)20-13)10-19-14-8-12(9-18)7-6-11(14)3/h6-8,19H,4-5,10H2,1-3H3. The molecule has 0 atom stereocenters. The van der Waals surface area contributed by atoms with Crippen LogP contribution >= 0.6 is 15.9 Å². The van der Waals surface area contributed by atoms with Gasteiger partial charge in [0.15, 0.2) is 0 Å². The number of benzene rings is 1. The average molecular weight is 347 g/mol. The maximum Gasteiger partial charge on any atom is 0.0992 e. The summed E-state index contributed by atoms with van der Waals surface area (Å²) >= 11 is 3.65. The minimum absolute atomic E-state index is 0.667. The van der Waals surface area contributed by atoms with Gasteiger partial charge in [0, 0.05) is 12.2 Å². The Labute approximate surface area is 133 Å². The Kier molecular flexibility index (Phi) is 5.03. The van der Waals surface area contributed by atoms with Crippen molar-refractivity contribution < 1.29 is 0 Å². The third-order valence-electron chi connectivity index (χ3n) is 3.51. The highest BCUT2D eigenvalue weighted by atomic mass is 79.9. The predicted octanol–water partition coefficient (Wildman–Crippen LogP) is 4.02. The van der Waals surface area contributed by atoms with Crippen molar-refractivity contribution in [3.8, 4) is 6.07 Å². The molecule has 0 aliphatic rings. The lowest BCUT2D eigenvalue weighted by Gasteiger charge is -2.11. The summed E-state index contributed by atoms with van der Waals surface area (Å²) in [5, 5.41) is 17.0. The molecule has 0 fully saturated rings. The smallest absolute Gasteiger partial charge is 0.0992 e. The second kappa shape index (κ2) is 6.77. The van der Waals surface area contributed by atoms with Gasteiger partial charge in [-0.1, -0.05) is 13.0 Å². The number of nitriles is 1. The van der Waals surface area contributed by atoms with E-state index in [2.05, 4.69) is 46.3 Å². The van der Waals surface area contributed by atoms with Crippen LogP contribution in [0.4, 0.5) is 5.69 Å². The number of halogens is 1. The molecule has 0 saturated carbocycles. The Morgan fingerprint density at radius 1 is 1.38 bits per heavy atom. The molecule has 2 rings (SSSR count). The summed E-state index contributed by atoms with van der Waals surface area (Å²) in [5.74, 6) is 0. The van der Waals surface area contributed by atoms with E-state index in [1.165, 1.54) is 0 Å². The molecule has 4 nitrogen and oxygen atoms in total. The van der Waals surface area contributed by atoms with Gasteiger partial charge in [0.1, 0.15) is 0 Å². The molecule has 0 radical (unpaired) electrons. The monoisotopic (exact) mass is 346 g/mol. The zero-order valence-electron chi connectivity index (χ0n) is 12.6. The van der Waals surface area contributed by atoms with Crippen LogP contribution in [0.1, 0.15) is 36.4 Å². The molecule has 0 saturated heterocycles. The van der Waals surface area contributed by atoms with Gasteiger partial charge in [-0.15, -0.1) is 0 Å². The van der Waals surface area contributed by atoms with Gasteiger partial charge in [0.05, 0.1) is 34.0 Å². The molecule has 0 unspecified atom stereocenters. The summed E-state index contributed by atoms with van der Waals surface area (Å²) in [6.07, 6.45) is 0.906. The molecule has 1 aromatic heterocycles. The molecule has 110 valence electrons. The zero-order valence-corrected chi connectivity index (χ0v) is 14.2. The Hall–Kier alpha value is -1.80. The molecule has 2 aromatic rings. The molecule has 1 heterocycles. The quantitative estimate of drug-likeness (QED) is 0.889. The highest BCUT2D eigenvalue weighted by Gasteiger charge is 2.13. The van der Waals surface area contributed by atoms with E-state index < -0.39 is 0 Å². The first-order valence-corrected chi connectivity index (χ1v) is 7.88. The van der Waals surface area contributed by atoms with Crippen LogP contribution in [0.5, 0.6) is 0 Å². The molecule has 21 heavy (non-hydrogen) atoms. The van der Waals surface area contributed by atoms with Crippen molar-refractivity contribution in [1.29, 1.82) is 5.26 Å². The van der Waals surface area contributed by atoms with Gasteiger partial charge in [-0.3, -0.25) is 4.68 Å². The van der Waals surface area contributed by atoms with Crippen LogP contribution in [0.3, 0.4) is 0 Å². The van der Waals surface area contributed by atoms with Crippen LogP contribution in [0.15, 0.2) is 22.7 Å². The first-order chi connectivity index (χ1) is 10.1. The normalized spacial score (nSPS) is 10.4. The SMILES string of the molecule is CCc1nn(CC)c(CNc2cc(C#N)ccc2C)c1Br. The molecular weight excluding hydrogens is 328 g/mol. The van der Waals surface area contributed by atoms with E-state index in [1.54, 1.807) is 0 Å². The topological polar surface area (TPSA) is 53.6 Å². The minimum atomic E-state index is 0.667. The molecule has 0 aliphatic carbocycles. The third-order valence-corrected chi connectivity index (χ3v) is 4.42. The summed E-state index contributed by atoms with van der Waals surface area (Å²) in [5.41, 5.74) is 5.00. The third kappa shape index (κ3) is 3.27. The van der Waals surface area contributed by atoms with E-state index in [0.29, 0.717) is 12.1 Å². The number of aryl methyl sites for hydroxylation is 3. The van der Waals surface area contributed by atoms with Crippen molar-refractivity contribution in [2.75, 3.05) is 5.32 Å². The summed E-state index contributed by atoms with van der Waals surface area (Å²) in [6, 6.07) is 7.86. The van der Waals surface area contributed by atoms with E-state index >= 15 is 0 Å². The van der Waals surface area contributed by atoms with Crippen molar-refractivity contribution in [1.82, 2.24) is 9.78 Å². The van der Waals surface area contributed by atoms with Crippen molar-refractivity contribution in [3.05, 3.63) is 45.2 Å². The fourth-order valence-electron chi connectivity index (χ4n) is 2.25. The van der Waals surface area contributed by atoms with E-state index in [9.17, 15) is 0 Å². The summed E-state index contributed by atoms with van der Waals surface area (Å²) in [4.78, 5) is 0. The van der Waals surface area contributed by atoms with Crippen LogP contribution in [0, 0.1) is 18.3 Å². The Morgan fingerprint density at radius 2 is 2.14 bits per heavy atom. The molecule has 0 amide bonds. The largest absolute Gasteiger partial charge is 0.379 e. The minimum Gasteiger partial charge on any atom is -0.379 e. The van der Waals surface area contributed by atoms with Crippen molar-refractivity contribution in [3.63, 3.8) is 0 Å². The molecular formula is C16H19BrN4. The second-order valence-corrected chi connectivity index (χ2v) is 5.66. The van der Waals surface area contributed by atoms with Gasteiger partial charge < -0.3 is 5.32 Å². The van der Waals surface area contributed by atoms with Crippen LogP contribution in [-0.4, -0.2) is 9.78 Å². The number of nitrogens with zero attached hydrogens (tertiary/aromatic N) is 3. The van der Waals surface area contributed by atoms with Crippen molar-refractivity contribution in [2.45, 2.75) is 40.3 Å². The van der Waals surface area contributed by atoms with Crippen LogP contribution in [0.25, 0.3) is 0 Å². The lowest BCUT2D eigenvalue weighted by Crippen LogP contribution is -2.09. The molecule has 0 spiro atoms. The molecule has 5 heteroatoms. The Bertz CT molecular complexity index is 682. The van der Waals surface area contributed by atoms with Crippen molar-refractivity contribution >= 4 is 21.6 Å². The lowest BCUT2D eigenvalue weighted by molar-refractivity contribution is 0.619. The predicted molar refractivity (Wildman–Crippen MR) is 88.2 cm³/mol. The average Bonchev–Trinajstić information content (AvgIpc) is 2.82.